The van der Waals surface area contributed by atoms with E-state index in [1.54, 1.807) is 18.0 Å². The van der Waals surface area contributed by atoms with Gasteiger partial charge in [0.2, 0.25) is 10.0 Å². The minimum Gasteiger partial charge on any atom is -0.339 e. The maximum atomic E-state index is 12.7. The first-order valence-corrected chi connectivity index (χ1v) is 10.1. The van der Waals surface area contributed by atoms with E-state index in [1.165, 1.54) is 29.7 Å². The molecule has 0 aromatic heterocycles. The predicted molar refractivity (Wildman–Crippen MR) is 94.4 cm³/mol. The topological polar surface area (TPSA) is 95.1 Å². The van der Waals surface area contributed by atoms with Gasteiger partial charge in [0.05, 0.1) is 17.4 Å². The smallest absolute Gasteiger partial charge is 0.261 e. The zero-order chi connectivity index (χ0) is 19.2. The molecule has 1 aromatic carbocycles. The van der Waals surface area contributed by atoms with Gasteiger partial charge < -0.3 is 4.90 Å². The summed E-state index contributed by atoms with van der Waals surface area (Å²) in [6, 6.07) is 4.41. The zero-order valence-electron chi connectivity index (χ0n) is 14.9. The number of hydrogen-bond donors (Lipinski definition) is 0. The molecule has 2 aliphatic heterocycles. The largest absolute Gasteiger partial charge is 0.339 e. The lowest BCUT2D eigenvalue weighted by molar-refractivity contribution is 0.0681. The van der Waals surface area contributed by atoms with Crippen LogP contribution in [0.5, 0.6) is 0 Å². The maximum Gasteiger partial charge on any atom is 0.261 e. The van der Waals surface area contributed by atoms with Crippen LogP contribution in [0.15, 0.2) is 18.2 Å². The lowest BCUT2D eigenvalue weighted by Gasteiger charge is -2.35. The minimum atomic E-state index is -3.26. The quantitative estimate of drug-likeness (QED) is 0.709. The van der Waals surface area contributed by atoms with Crippen LogP contribution in [0.1, 0.15) is 43.9 Å². The van der Waals surface area contributed by atoms with Crippen LogP contribution in [0, 0.1) is 0 Å². The molecule has 0 N–H and O–H groups in total. The van der Waals surface area contributed by atoms with Crippen molar-refractivity contribution in [3.05, 3.63) is 34.9 Å². The molecule has 2 aliphatic rings. The van der Waals surface area contributed by atoms with Crippen LogP contribution >= 0.6 is 0 Å². The first kappa shape index (κ1) is 18.5. The molecule has 0 spiro atoms. The normalized spacial score (nSPS) is 18.6. The van der Waals surface area contributed by atoms with E-state index in [-0.39, 0.29) is 23.4 Å². The molecule has 1 fully saturated rings. The average Bonchev–Trinajstić information content (AvgIpc) is 2.84. The van der Waals surface area contributed by atoms with Crippen molar-refractivity contribution in [2.75, 3.05) is 33.4 Å². The van der Waals surface area contributed by atoms with E-state index in [0.717, 1.165) is 4.90 Å². The molecule has 2 heterocycles. The van der Waals surface area contributed by atoms with Crippen molar-refractivity contribution in [2.45, 2.75) is 18.9 Å². The van der Waals surface area contributed by atoms with E-state index < -0.39 is 15.9 Å². The summed E-state index contributed by atoms with van der Waals surface area (Å²) in [6.45, 7) is 0.875. The van der Waals surface area contributed by atoms with Crippen LogP contribution in [0.25, 0.3) is 0 Å². The first-order chi connectivity index (χ1) is 12.1. The second kappa shape index (κ2) is 6.48. The number of likely N-dealkylation sites (tertiary alicyclic amines) is 1. The SMILES string of the molecule is CN1C(=O)c2ccc(C(=O)N3CCC(N(C)S(C)(=O)=O)CC3)cc2C1=O. The van der Waals surface area contributed by atoms with E-state index >= 15 is 0 Å². The van der Waals surface area contributed by atoms with Crippen molar-refractivity contribution >= 4 is 27.7 Å². The zero-order valence-corrected chi connectivity index (χ0v) is 15.7. The van der Waals surface area contributed by atoms with Gasteiger partial charge in [0, 0.05) is 38.8 Å². The van der Waals surface area contributed by atoms with E-state index in [4.69, 9.17) is 0 Å². The molecule has 0 saturated carbocycles. The number of hydrogen-bond acceptors (Lipinski definition) is 5. The van der Waals surface area contributed by atoms with Gasteiger partial charge in [-0.15, -0.1) is 0 Å². The molecule has 1 aromatic rings. The van der Waals surface area contributed by atoms with Crippen molar-refractivity contribution < 1.29 is 22.8 Å². The second-order valence-electron chi connectivity index (χ2n) is 6.73. The van der Waals surface area contributed by atoms with Gasteiger partial charge in [-0.1, -0.05) is 0 Å². The highest BCUT2D eigenvalue weighted by molar-refractivity contribution is 7.88. The molecular formula is C17H21N3O5S. The Morgan fingerprint density at radius 2 is 1.69 bits per heavy atom. The van der Waals surface area contributed by atoms with E-state index in [1.807, 2.05) is 0 Å². The molecule has 9 heteroatoms. The fraction of sp³-hybridized carbons (Fsp3) is 0.471. The monoisotopic (exact) mass is 379 g/mol. The third-order valence-electron chi connectivity index (χ3n) is 5.13. The van der Waals surface area contributed by atoms with Crippen LogP contribution < -0.4 is 0 Å². The summed E-state index contributed by atoms with van der Waals surface area (Å²) < 4.78 is 24.6. The van der Waals surface area contributed by atoms with E-state index in [2.05, 4.69) is 0 Å². The van der Waals surface area contributed by atoms with Crippen LogP contribution in [-0.2, 0) is 10.0 Å². The number of nitrogens with zero attached hydrogens (tertiary/aromatic N) is 3. The van der Waals surface area contributed by atoms with Crippen LogP contribution in [-0.4, -0.2) is 79.7 Å². The lowest BCUT2D eigenvalue weighted by Crippen LogP contribution is -2.47. The highest BCUT2D eigenvalue weighted by atomic mass is 32.2. The molecule has 0 aliphatic carbocycles. The minimum absolute atomic E-state index is 0.123. The van der Waals surface area contributed by atoms with Gasteiger partial charge in [0.15, 0.2) is 0 Å². The summed E-state index contributed by atoms with van der Waals surface area (Å²) in [6.07, 6.45) is 2.28. The Balaban J connectivity index is 1.73. The molecule has 3 rings (SSSR count). The molecule has 0 unspecified atom stereocenters. The highest BCUT2D eigenvalue weighted by Crippen LogP contribution is 2.24. The Labute approximate surface area is 152 Å². The molecule has 0 atom stereocenters. The van der Waals surface area contributed by atoms with Gasteiger partial charge >= 0.3 is 0 Å². The van der Waals surface area contributed by atoms with Crippen molar-refractivity contribution in [3.63, 3.8) is 0 Å². The van der Waals surface area contributed by atoms with Gasteiger partial charge in [0.1, 0.15) is 0 Å². The Hall–Kier alpha value is -2.26. The molecule has 0 bridgehead atoms. The Morgan fingerprint density at radius 3 is 2.27 bits per heavy atom. The number of carbonyl (C=O) groups is 3. The standard InChI is InChI=1S/C17H21N3O5S/c1-18-16(22)13-5-4-11(10-14(13)17(18)23)15(21)20-8-6-12(7-9-20)19(2)26(3,24)25/h4-5,10,12H,6-9H2,1-3H3. The number of imide groups is 1. The predicted octanol–water partition coefficient (Wildman–Crippen LogP) is 0.408. The van der Waals surface area contributed by atoms with Crippen molar-refractivity contribution in [1.29, 1.82) is 0 Å². The van der Waals surface area contributed by atoms with Crippen LogP contribution in [0.2, 0.25) is 0 Å². The Morgan fingerprint density at radius 1 is 1.12 bits per heavy atom. The van der Waals surface area contributed by atoms with Crippen LogP contribution in [0.3, 0.4) is 0 Å². The number of sulfonamides is 1. The molecule has 26 heavy (non-hydrogen) atoms. The van der Waals surface area contributed by atoms with E-state index in [9.17, 15) is 22.8 Å². The number of fused-ring (bicyclic) bond motifs is 1. The fourth-order valence-electron chi connectivity index (χ4n) is 3.38. The molecule has 8 nitrogen and oxygen atoms in total. The second-order valence-corrected chi connectivity index (χ2v) is 8.77. The molecule has 0 radical (unpaired) electrons. The van der Waals surface area contributed by atoms with Crippen molar-refractivity contribution in [3.8, 4) is 0 Å². The summed E-state index contributed by atoms with van der Waals surface area (Å²) in [5.41, 5.74) is 0.910. The highest BCUT2D eigenvalue weighted by Gasteiger charge is 2.34. The van der Waals surface area contributed by atoms with Gasteiger partial charge in [-0.2, -0.15) is 0 Å². The third-order valence-corrected chi connectivity index (χ3v) is 6.47. The maximum absolute atomic E-state index is 12.7. The molecule has 1 saturated heterocycles. The van der Waals surface area contributed by atoms with Gasteiger partial charge in [-0.3, -0.25) is 19.3 Å². The van der Waals surface area contributed by atoms with Gasteiger partial charge in [-0.25, -0.2) is 12.7 Å². The number of amides is 3. The summed E-state index contributed by atoms with van der Waals surface area (Å²) in [4.78, 5) is 39.4. The third kappa shape index (κ3) is 3.12. The summed E-state index contributed by atoms with van der Waals surface area (Å²) in [7, 11) is -0.295. The summed E-state index contributed by atoms with van der Waals surface area (Å²) >= 11 is 0. The summed E-state index contributed by atoms with van der Waals surface area (Å²) in [5.74, 6) is -0.996. The van der Waals surface area contributed by atoms with Crippen molar-refractivity contribution in [2.24, 2.45) is 0 Å². The molecular weight excluding hydrogens is 358 g/mol. The Kier molecular flexibility index (Phi) is 4.61. The first-order valence-electron chi connectivity index (χ1n) is 8.30. The number of piperidine rings is 1. The number of rotatable bonds is 3. The lowest BCUT2D eigenvalue weighted by atomic mass is 10.0. The molecule has 140 valence electrons. The van der Waals surface area contributed by atoms with Crippen molar-refractivity contribution in [1.82, 2.24) is 14.1 Å². The molecule has 3 amide bonds. The number of carbonyl (C=O) groups excluding carboxylic acids is 3. The Bertz CT molecular complexity index is 888. The average molecular weight is 379 g/mol. The summed E-state index contributed by atoms with van der Waals surface area (Å²) in [5, 5.41) is 0. The van der Waals surface area contributed by atoms with Gasteiger partial charge in [0.25, 0.3) is 17.7 Å². The van der Waals surface area contributed by atoms with Crippen LogP contribution in [0.4, 0.5) is 0 Å². The number of benzene rings is 1. The fourth-order valence-corrected chi connectivity index (χ4v) is 4.13. The van der Waals surface area contributed by atoms with Gasteiger partial charge in [-0.05, 0) is 31.0 Å². The van der Waals surface area contributed by atoms with E-state index in [0.29, 0.717) is 37.1 Å².